The molecule has 5 heteroatoms. The van der Waals surface area contributed by atoms with Gasteiger partial charge >= 0.3 is 6.16 Å². The zero-order valence-corrected chi connectivity index (χ0v) is 23.5. The van der Waals surface area contributed by atoms with Crippen LogP contribution in [0.2, 0.25) is 0 Å². The van der Waals surface area contributed by atoms with Crippen molar-refractivity contribution in [2.24, 2.45) is 0 Å². The minimum Gasteiger partial charge on any atom is -0.449 e. The van der Waals surface area contributed by atoms with Crippen molar-refractivity contribution < 1.29 is 14.6 Å². The highest BCUT2D eigenvalue weighted by Crippen LogP contribution is 2.38. The molecule has 0 atom stereocenters. The van der Waals surface area contributed by atoms with E-state index < -0.39 is 6.16 Å². The van der Waals surface area contributed by atoms with E-state index in [0.717, 1.165) is 49.6 Å². The maximum atomic E-state index is 10.9. The van der Waals surface area contributed by atoms with Crippen LogP contribution in [0.15, 0.2) is 60.7 Å². The molecule has 1 aliphatic carbocycles. The minimum absolute atomic E-state index is 0.0138. The summed E-state index contributed by atoms with van der Waals surface area (Å²) in [5, 5.41) is 12.5. The number of anilines is 1. The number of ether oxygens (including phenoxy) is 1. The second-order valence-electron chi connectivity index (χ2n) is 11.3. The van der Waals surface area contributed by atoms with E-state index in [0.29, 0.717) is 5.75 Å². The first-order chi connectivity index (χ1) is 18.2. The number of carboxylic acid groups (broad SMARTS) is 1. The molecule has 1 saturated carbocycles. The number of rotatable bonds is 11. The van der Waals surface area contributed by atoms with Crippen LogP contribution in [0.4, 0.5) is 10.5 Å². The van der Waals surface area contributed by atoms with Crippen LogP contribution in [0.25, 0.3) is 22.3 Å². The third-order valence-corrected chi connectivity index (χ3v) is 7.36. The van der Waals surface area contributed by atoms with Gasteiger partial charge in [0.2, 0.25) is 0 Å². The van der Waals surface area contributed by atoms with Crippen LogP contribution in [-0.2, 0) is 11.8 Å². The summed E-state index contributed by atoms with van der Waals surface area (Å²) >= 11 is 0. The number of hydrogen-bond donors (Lipinski definition) is 2. The largest absolute Gasteiger partial charge is 0.511 e. The number of aryl methyl sites for hydroxylation is 1. The molecular weight excluding hydrogens is 472 g/mol. The van der Waals surface area contributed by atoms with E-state index in [2.05, 4.69) is 81.2 Å². The summed E-state index contributed by atoms with van der Waals surface area (Å²) in [6, 6.07) is 21.7. The van der Waals surface area contributed by atoms with Gasteiger partial charge in [-0.25, -0.2) is 4.79 Å². The number of benzene rings is 3. The van der Waals surface area contributed by atoms with Crippen molar-refractivity contribution in [3.63, 3.8) is 0 Å². The number of nitrogens with one attached hydrogen (secondary N) is 1. The van der Waals surface area contributed by atoms with E-state index in [1.54, 1.807) is 12.1 Å². The van der Waals surface area contributed by atoms with Gasteiger partial charge in [0.25, 0.3) is 0 Å². The van der Waals surface area contributed by atoms with Gasteiger partial charge in [0.1, 0.15) is 5.75 Å². The molecule has 3 aromatic rings. The molecule has 38 heavy (non-hydrogen) atoms. The van der Waals surface area contributed by atoms with Crippen LogP contribution >= 0.6 is 0 Å². The Morgan fingerprint density at radius 2 is 1.61 bits per heavy atom. The average Bonchev–Trinajstić information content (AvgIpc) is 3.72. The van der Waals surface area contributed by atoms with Gasteiger partial charge in [0.15, 0.2) is 0 Å². The van der Waals surface area contributed by atoms with E-state index in [1.807, 2.05) is 12.1 Å². The highest BCUT2D eigenvalue weighted by molar-refractivity contribution is 5.78. The lowest BCUT2D eigenvalue weighted by atomic mass is 9.82. The van der Waals surface area contributed by atoms with Gasteiger partial charge in [-0.3, -0.25) is 0 Å². The van der Waals surface area contributed by atoms with Crippen LogP contribution in [0.3, 0.4) is 0 Å². The van der Waals surface area contributed by atoms with Gasteiger partial charge in [0.05, 0.1) is 0 Å². The monoisotopic (exact) mass is 514 g/mol. The topological polar surface area (TPSA) is 61.8 Å². The van der Waals surface area contributed by atoms with Gasteiger partial charge < -0.3 is 20.1 Å². The summed E-state index contributed by atoms with van der Waals surface area (Å²) in [5.74, 6) is 0.322. The van der Waals surface area contributed by atoms with E-state index in [4.69, 9.17) is 9.84 Å². The highest BCUT2D eigenvalue weighted by Gasteiger charge is 2.22. The van der Waals surface area contributed by atoms with Crippen molar-refractivity contribution >= 4 is 11.8 Å². The Labute approximate surface area is 227 Å². The second kappa shape index (κ2) is 12.0. The van der Waals surface area contributed by atoms with E-state index in [-0.39, 0.29) is 5.41 Å². The first-order valence-corrected chi connectivity index (χ1v) is 14.0. The maximum Gasteiger partial charge on any atom is 0.511 e. The van der Waals surface area contributed by atoms with Gasteiger partial charge in [0, 0.05) is 24.8 Å². The predicted molar refractivity (Wildman–Crippen MR) is 158 cm³/mol. The van der Waals surface area contributed by atoms with E-state index in [9.17, 15) is 4.79 Å². The zero-order valence-electron chi connectivity index (χ0n) is 23.5. The quantitative estimate of drug-likeness (QED) is 0.155. The first kappa shape index (κ1) is 27.7. The molecule has 0 amide bonds. The van der Waals surface area contributed by atoms with Crippen LogP contribution in [-0.4, -0.2) is 36.9 Å². The number of hydrogen-bond acceptors (Lipinski definition) is 4. The van der Waals surface area contributed by atoms with Crippen LogP contribution in [0, 0.1) is 0 Å². The lowest BCUT2D eigenvalue weighted by Crippen LogP contribution is -2.26. The SMILES string of the molecule is CCN(CC)c1ccc(-c2cc(-c3ccc(OC(=O)O)cc3)ccc2CCCNC2CC2)cc1C(C)(C)C. The Bertz CT molecular complexity index is 1240. The smallest absolute Gasteiger partial charge is 0.449 e. The minimum atomic E-state index is -1.30. The summed E-state index contributed by atoms with van der Waals surface area (Å²) in [5.41, 5.74) is 8.67. The molecule has 0 aliphatic heterocycles. The molecule has 4 rings (SSSR count). The summed E-state index contributed by atoms with van der Waals surface area (Å²) < 4.78 is 4.79. The standard InChI is InChI=1S/C33H42N2O3/c1-6-35(7-2)31-19-14-26(22-30(31)33(3,4)5)29-21-25(23-12-17-28(18-13-23)38-32(36)37)11-10-24(29)9-8-20-34-27-15-16-27/h10-14,17-19,21-22,27,34H,6-9,15-16,20H2,1-5H3,(H,36,37). The fourth-order valence-electron chi connectivity index (χ4n) is 5.08. The van der Waals surface area contributed by atoms with Crippen molar-refractivity contribution in [1.29, 1.82) is 0 Å². The molecule has 5 nitrogen and oxygen atoms in total. The number of carbonyl (C=O) groups is 1. The molecule has 3 aromatic carbocycles. The second-order valence-corrected chi connectivity index (χ2v) is 11.3. The lowest BCUT2D eigenvalue weighted by Gasteiger charge is -2.31. The molecular formula is C33H42N2O3. The van der Waals surface area contributed by atoms with E-state index in [1.165, 1.54) is 40.8 Å². The van der Waals surface area contributed by atoms with E-state index >= 15 is 0 Å². The molecule has 1 aliphatic rings. The van der Waals surface area contributed by atoms with Gasteiger partial charge in [-0.05, 0) is 115 Å². The normalized spacial score (nSPS) is 13.4. The molecule has 202 valence electrons. The zero-order chi connectivity index (χ0) is 27.3. The van der Waals surface area contributed by atoms with Gasteiger partial charge in [-0.15, -0.1) is 0 Å². The lowest BCUT2D eigenvalue weighted by molar-refractivity contribution is 0.144. The van der Waals surface area contributed by atoms with Crippen LogP contribution in [0.1, 0.15) is 65.0 Å². The average molecular weight is 515 g/mol. The van der Waals surface area contributed by atoms with Crippen molar-refractivity contribution in [2.45, 2.75) is 71.8 Å². The molecule has 1 fully saturated rings. The molecule has 0 unspecified atom stereocenters. The molecule has 0 spiro atoms. The van der Waals surface area contributed by atoms with Crippen molar-refractivity contribution in [1.82, 2.24) is 5.32 Å². The molecule has 0 heterocycles. The Balaban J connectivity index is 1.73. The van der Waals surface area contributed by atoms with Crippen molar-refractivity contribution in [3.8, 4) is 28.0 Å². The summed E-state index contributed by atoms with van der Waals surface area (Å²) in [4.78, 5) is 13.3. The molecule has 0 radical (unpaired) electrons. The predicted octanol–water partition coefficient (Wildman–Crippen LogP) is 7.91. The molecule has 2 N–H and O–H groups in total. The first-order valence-electron chi connectivity index (χ1n) is 14.0. The fourth-order valence-corrected chi connectivity index (χ4v) is 5.08. The highest BCUT2D eigenvalue weighted by atomic mass is 16.7. The third-order valence-electron chi connectivity index (χ3n) is 7.36. The van der Waals surface area contributed by atoms with Crippen molar-refractivity contribution in [3.05, 3.63) is 71.8 Å². The van der Waals surface area contributed by atoms with Gasteiger partial charge in [-0.2, -0.15) is 0 Å². The molecule has 0 saturated heterocycles. The Kier molecular flexibility index (Phi) is 8.78. The summed E-state index contributed by atoms with van der Waals surface area (Å²) in [6.45, 7) is 14.3. The molecule has 0 bridgehead atoms. The number of nitrogens with zero attached hydrogens (tertiary/aromatic N) is 1. The summed E-state index contributed by atoms with van der Waals surface area (Å²) in [6.07, 6.45) is 3.44. The maximum absolute atomic E-state index is 10.9. The van der Waals surface area contributed by atoms with Crippen molar-refractivity contribution in [2.75, 3.05) is 24.5 Å². The Morgan fingerprint density at radius 1 is 0.947 bits per heavy atom. The summed E-state index contributed by atoms with van der Waals surface area (Å²) in [7, 11) is 0. The Hall–Kier alpha value is -3.31. The van der Waals surface area contributed by atoms with Crippen LogP contribution in [0.5, 0.6) is 5.75 Å². The Morgan fingerprint density at radius 3 is 2.21 bits per heavy atom. The molecule has 0 aromatic heterocycles. The third kappa shape index (κ3) is 6.96. The van der Waals surface area contributed by atoms with Gasteiger partial charge in [-0.1, -0.05) is 51.1 Å². The fraction of sp³-hybridized carbons (Fsp3) is 0.424. The van der Waals surface area contributed by atoms with Crippen LogP contribution < -0.4 is 15.0 Å².